The van der Waals surface area contributed by atoms with Gasteiger partial charge in [-0.3, -0.25) is 4.57 Å². The summed E-state index contributed by atoms with van der Waals surface area (Å²) in [4.78, 5) is 5.19. The summed E-state index contributed by atoms with van der Waals surface area (Å²) >= 11 is 0. The summed E-state index contributed by atoms with van der Waals surface area (Å²) in [6.07, 6.45) is 0. The van der Waals surface area contributed by atoms with Gasteiger partial charge in [0.2, 0.25) is 0 Å². The van der Waals surface area contributed by atoms with Crippen molar-refractivity contribution in [2.24, 2.45) is 0 Å². The number of rotatable bonds is 5. The van der Waals surface area contributed by atoms with Gasteiger partial charge < -0.3 is 0 Å². The highest BCUT2D eigenvalue weighted by molar-refractivity contribution is 6.68. The zero-order valence-corrected chi connectivity index (χ0v) is 30.4. The monoisotopic (exact) mass is 632 g/mol. The van der Waals surface area contributed by atoms with Gasteiger partial charge >= 0.3 is 0 Å². The first-order valence-electron chi connectivity index (χ1n) is 17.7. The van der Waals surface area contributed by atoms with Crippen molar-refractivity contribution in [3.05, 3.63) is 127 Å². The number of fused-ring (bicyclic) bond motifs is 3. The standard InChI is InChI=1S/C40H36B8N2/c41-34-32(35(42)37(44)38(45)36(34)43)22-19-17-21(18-20-22)31-23-9-1-3-11-25(23)33(26-12-4-2-10-24(26)31)27-13-5-7-15-29(27)50-30-16-8-6-14-28(30)49-39(50)40(46,47)48/h1-20H,41-48H2. The first kappa shape index (κ1) is 32.3. The Morgan fingerprint density at radius 1 is 0.440 bits per heavy atom. The van der Waals surface area contributed by atoms with Crippen LogP contribution in [0.2, 0.25) is 0 Å². The van der Waals surface area contributed by atoms with Crippen LogP contribution >= 0.6 is 0 Å². The predicted molar refractivity (Wildman–Crippen MR) is 241 cm³/mol. The molecule has 1 heterocycles. The van der Waals surface area contributed by atoms with Crippen LogP contribution in [0.3, 0.4) is 0 Å². The molecule has 0 saturated heterocycles. The Labute approximate surface area is 302 Å². The van der Waals surface area contributed by atoms with Gasteiger partial charge in [0, 0.05) is 5.56 Å². The van der Waals surface area contributed by atoms with Crippen molar-refractivity contribution in [2.75, 3.05) is 0 Å². The Bertz CT molecular complexity index is 2550. The summed E-state index contributed by atoms with van der Waals surface area (Å²) in [5.74, 6) is 1.06. The SMILES string of the molecule is Bc1c(B)c(B)c(-c2ccc(-c3c4ccccc4c(-c4ccccc4-n4c(C(B)(B)B)nc5ccccc54)c4ccccc34)cc2)c(B)c1B. The molecule has 0 radical (unpaired) electrons. The van der Waals surface area contributed by atoms with Gasteiger partial charge in [0.05, 0.1) is 46.1 Å². The normalized spacial score (nSPS) is 11.8. The van der Waals surface area contributed by atoms with Crippen molar-refractivity contribution < 1.29 is 0 Å². The maximum Gasteiger partial charge on any atom is 0.139 e. The van der Waals surface area contributed by atoms with Crippen LogP contribution in [-0.2, 0) is 5.11 Å². The summed E-state index contributed by atoms with van der Waals surface area (Å²) in [7, 11) is 18.1. The molecule has 0 aliphatic rings. The molecule has 50 heavy (non-hydrogen) atoms. The molecule has 230 valence electrons. The van der Waals surface area contributed by atoms with Crippen LogP contribution in [-0.4, -0.2) is 72.3 Å². The third-order valence-corrected chi connectivity index (χ3v) is 11.0. The number of hydrogen-bond donors (Lipinski definition) is 0. The Hall–Kier alpha value is -4.95. The molecule has 0 bridgehead atoms. The number of para-hydroxylation sites is 3. The third-order valence-electron chi connectivity index (χ3n) is 11.0. The quantitative estimate of drug-likeness (QED) is 0.170. The largest absolute Gasteiger partial charge is 0.297 e. The second kappa shape index (κ2) is 12.1. The molecule has 2 nitrogen and oxygen atoms in total. The average molecular weight is 631 g/mol. The number of hydrogen-bond acceptors (Lipinski definition) is 1. The minimum atomic E-state index is -0.153. The molecule has 0 spiro atoms. The van der Waals surface area contributed by atoms with Crippen LogP contribution in [0.1, 0.15) is 5.82 Å². The molecule has 0 aliphatic carbocycles. The number of aromatic nitrogens is 2. The molecular weight excluding hydrogens is 595 g/mol. The van der Waals surface area contributed by atoms with E-state index in [1.165, 1.54) is 82.2 Å². The molecule has 0 atom stereocenters. The van der Waals surface area contributed by atoms with Crippen molar-refractivity contribution >= 4 is 123 Å². The van der Waals surface area contributed by atoms with Crippen LogP contribution in [0.5, 0.6) is 0 Å². The zero-order valence-electron chi connectivity index (χ0n) is 30.4. The van der Waals surface area contributed by atoms with E-state index >= 15 is 0 Å². The lowest BCUT2D eigenvalue weighted by molar-refractivity contribution is 0.931. The van der Waals surface area contributed by atoms with Gasteiger partial charge in [0.1, 0.15) is 39.2 Å². The fourth-order valence-corrected chi connectivity index (χ4v) is 8.12. The van der Waals surface area contributed by atoms with Crippen LogP contribution in [0.15, 0.2) is 121 Å². The maximum atomic E-state index is 5.19. The molecule has 0 N–H and O–H groups in total. The predicted octanol–water partition coefficient (Wildman–Crippen LogP) is -1.37. The van der Waals surface area contributed by atoms with Gasteiger partial charge in [-0.2, -0.15) is 0 Å². The van der Waals surface area contributed by atoms with E-state index in [0.717, 1.165) is 22.5 Å². The summed E-state index contributed by atoms with van der Waals surface area (Å²) in [5, 5.41) is 4.85. The maximum absolute atomic E-state index is 5.19. The van der Waals surface area contributed by atoms with E-state index in [2.05, 4.69) is 189 Å². The molecule has 0 aliphatic heterocycles. The Balaban J connectivity index is 1.39. The van der Waals surface area contributed by atoms with E-state index in [1.54, 1.807) is 0 Å². The third kappa shape index (κ3) is 5.03. The summed E-state index contributed by atoms with van der Waals surface area (Å²) < 4.78 is 2.39. The van der Waals surface area contributed by atoms with Gasteiger partial charge in [-0.1, -0.05) is 119 Å². The van der Waals surface area contributed by atoms with E-state index in [-0.39, 0.29) is 5.11 Å². The van der Waals surface area contributed by atoms with Crippen molar-refractivity contribution in [2.45, 2.75) is 5.11 Å². The fraction of sp³-hybridized carbons (Fsp3) is 0.0250. The highest BCUT2D eigenvalue weighted by Crippen LogP contribution is 2.45. The minimum absolute atomic E-state index is 0.153. The lowest BCUT2D eigenvalue weighted by Gasteiger charge is -2.24. The number of benzene rings is 7. The lowest BCUT2D eigenvalue weighted by atomic mass is 9.42. The first-order valence-corrected chi connectivity index (χ1v) is 17.7. The Morgan fingerprint density at radius 2 is 0.880 bits per heavy atom. The van der Waals surface area contributed by atoms with Gasteiger partial charge in [0.15, 0.2) is 0 Å². The van der Waals surface area contributed by atoms with Crippen molar-refractivity contribution in [3.8, 4) is 39.1 Å². The topological polar surface area (TPSA) is 17.8 Å². The zero-order chi connectivity index (χ0) is 34.9. The van der Waals surface area contributed by atoms with Crippen LogP contribution in [0.25, 0.3) is 71.6 Å². The fourth-order valence-electron chi connectivity index (χ4n) is 8.12. The molecule has 0 amide bonds. The molecule has 10 heteroatoms. The number of nitrogens with zero attached hydrogens (tertiary/aromatic N) is 2. The van der Waals surface area contributed by atoms with Gasteiger partial charge in [-0.15, -0.1) is 16.4 Å². The molecular formula is C40H36B8N2. The van der Waals surface area contributed by atoms with Crippen LogP contribution < -0.4 is 27.3 Å². The second-order valence-electron chi connectivity index (χ2n) is 14.9. The van der Waals surface area contributed by atoms with Crippen molar-refractivity contribution in [3.63, 3.8) is 0 Å². The average Bonchev–Trinajstić information content (AvgIpc) is 3.53. The lowest BCUT2D eigenvalue weighted by Crippen LogP contribution is -2.55. The second-order valence-corrected chi connectivity index (χ2v) is 14.9. The van der Waals surface area contributed by atoms with Gasteiger partial charge in [-0.25, -0.2) is 4.98 Å². The van der Waals surface area contributed by atoms with Crippen molar-refractivity contribution in [1.29, 1.82) is 0 Å². The minimum Gasteiger partial charge on any atom is -0.297 e. The highest BCUT2D eigenvalue weighted by atomic mass is 15.1. The summed E-state index contributed by atoms with van der Waals surface area (Å²) in [6, 6.07) is 44.6. The number of imidazole rings is 1. The highest BCUT2D eigenvalue weighted by Gasteiger charge is 2.26. The molecule has 7 aromatic carbocycles. The molecule has 0 fully saturated rings. The van der Waals surface area contributed by atoms with E-state index in [9.17, 15) is 0 Å². The van der Waals surface area contributed by atoms with Gasteiger partial charge in [-0.05, 0) is 67.6 Å². The van der Waals surface area contributed by atoms with E-state index in [4.69, 9.17) is 4.98 Å². The summed E-state index contributed by atoms with van der Waals surface area (Å²) in [6.45, 7) is 0. The molecule has 0 saturated carbocycles. The molecule has 0 unspecified atom stereocenters. The van der Waals surface area contributed by atoms with Crippen molar-refractivity contribution in [1.82, 2.24) is 9.55 Å². The smallest absolute Gasteiger partial charge is 0.139 e. The molecule has 1 aromatic heterocycles. The van der Waals surface area contributed by atoms with E-state index < -0.39 is 0 Å². The first-order chi connectivity index (χ1) is 24.1. The van der Waals surface area contributed by atoms with E-state index in [0.29, 0.717) is 0 Å². The molecule has 8 rings (SSSR count). The Kier molecular flexibility index (Phi) is 7.83. The van der Waals surface area contributed by atoms with Crippen LogP contribution in [0.4, 0.5) is 0 Å². The van der Waals surface area contributed by atoms with Gasteiger partial charge in [0.25, 0.3) is 0 Å². The Morgan fingerprint density at radius 3 is 1.44 bits per heavy atom. The van der Waals surface area contributed by atoms with E-state index in [1.807, 2.05) is 0 Å². The summed E-state index contributed by atoms with van der Waals surface area (Å²) in [5.41, 5.74) is 17.8. The molecule has 8 aromatic rings. The van der Waals surface area contributed by atoms with Crippen LogP contribution in [0, 0.1) is 0 Å².